The van der Waals surface area contributed by atoms with E-state index in [9.17, 15) is 0 Å². The standard InChI is InChI=1S/C28H29Cl/c1-3-21-10-12-22(13-11-21)17-24-6-4-7-25(24)18-23-14-15-28(20(2)16-23)26-8-5-9-27(29)19-26/h1,4-13,19-20,23-24,28H,14-18H2,2H3. The van der Waals surface area contributed by atoms with Crippen molar-refractivity contribution in [2.45, 2.75) is 44.9 Å². The zero-order chi connectivity index (χ0) is 20.2. The van der Waals surface area contributed by atoms with Gasteiger partial charge in [-0.2, -0.15) is 0 Å². The third kappa shape index (κ3) is 4.85. The van der Waals surface area contributed by atoms with Crippen LogP contribution in [0.5, 0.6) is 0 Å². The Morgan fingerprint density at radius 2 is 1.90 bits per heavy atom. The Kier molecular flexibility index (Phi) is 6.27. The van der Waals surface area contributed by atoms with Crippen LogP contribution in [0.25, 0.3) is 0 Å². The van der Waals surface area contributed by atoms with Gasteiger partial charge in [-0.05, 0) is 85.3 Å². The summed E-state index contributed by atoms with van der Waals surface area (Å²) in [5.41, 5.74) is 5.34. The summed E-state index contributed by atoms with van der Waals surface area (Å²) in [6, 6.07) is 16.9. The molecule has 0 nitrogen and oxygen atoms in total. The Morgan fingerprint density at radius 1 is 1.07 bits per heavy atom. The Labute approximate surface area is 180 Å². The SMILES string of the molecule is C#Cc1ccc(CC2C=CC=C2CC2CCC(c3cccc(Cl)c3)C(C)C2)cc1. The van der Waals surface area contributed by atoms with Crippen molar-refractivity contribution in [1.82, 2.24) is 0 Å². The van der Waals surface area contributed by atoms with Crippen LogP contribution in [0.4, 0.5) is 0 Å². The smallest absolute Gasteiger partial charge is 0.0408 e. The first kappa shape index (κ1) is 20.1. The molecule has 2 aliphatic carbocycles. The Morgan fingerprint density at radius 3 is 2.62 bits per heavy atom. The Balaban J connectivity index is 1.35. The van der Waals surface area contributed by atoms with E-state index in [1.807, 2.05) is 6.07 Å². The first-order valence-corrected chi connectivity index (χ1v) is 11.2. The summed E-state index contributed by atoms with van der Waals surface area (Å²) in [5, 5.41) is 0.858. The summed E-state index contributed by atoms with van der Waals surface area (Å²) in [7, 11) is 0. The highest BCUT2D eigenvalue weighted by molar-refractivity contribution is 6.30. The van der Waals surface area contributed by atoms with Crippen LogP contribution in [-0.2, 0) is 6.42 Å². The van der Waals surface area contributed by atoms with Crippen LogP contribution in [0.2, 0.25) is 5.02 Å². The highest BCUT2D eigenvalue weighted by atomic mass is 35.5. The topological polar surface area (TPSA) is 0 Å². The fourth-order valence-electron chi connectivity index (χ4n) is 5.23. The van der Waals surface area contributed by atoms with E-state index < -0.39 is 0 Å². The second-order valence-corrected chi connectivity index (χ2v) is 9.24. The molecule has 148 valence electrons. The molecule has 0 aliphatic heterocycles. The van der Waals surface area contributed by atoms with Crippen molar-refractivity contribution in [1.29, 1.82) is 0 Å². The zero-order valence-electron chi connectivity index (χ0n) is 17.2. The number of rotatable bonds is 5. The van der Waals surface area contributed by atoms with Gasteiger partial charge >= 0.3 is 0 Å². The molecule has 0 bridgehead atoms. The lowest BCUT2D eigenvalue weighted by Gasteiger charge is -2.35. The van der Waals surface area contributed by atoms with E-state index in [2.05, 4.69) is 73.5 Å². The van der Waals surface area contributed by atoms with Gasteiger partial charge in [-0.1, -0.05) is 72.5 Å². The maximum absolute atomic E-state index is 6.23. The molecule has 4 atom stereocenters. The number of halogens is 1. The van der Waals surface area contributed by atoms with Gasteiger partial charge in [0.1, 0.15) is 0 Å². The van der Waals surface area contributed by atoms with Crippen molar-refractivity contribution in [3.05, 3.63) is 94.0 Å². The molecule has 0 amide bonds. The fraction of sp³-hybridized carbons (Fsp3) is 0.357. The van der Waals surface area contributed by atoms with Gasteiger partial charge in [-0.25, -0.2) is 0 Å². The molecular weight excluding hydrogens is 372 g/mol. The normalized spacial score (nSPS) is 26.2. The Bertz CT molecular complexity index is 941. The van der Waals surface area contributed by atoms with E-state index in [1.54, 1.807) is 5.57 Å². The quantitative estimate of drug-likeness (QED) is 0.453. The van der Waals surface area contributed by atoms with Crippen molar-refractivity contribution >= 4 is 11.6 Å². The maximum Gasteiger partial charge on any atom is 0.0408 e. The molecule has 1 heteroatoms. The largest absolute Gasteiger partial charge is 0.115 e. The van der Waals surface area contributed by atoms with Gasteiger partial charge in [-0.3, -0.25) is 0 Å². The van der Waals surface area contributed by atoms with Gasteiger partial charge in [0.2, 0.25) is 0 Å². The maximum atomic E-state index is 6.23. The molecule has 0 aromatic heterocycles. The second kappa shape index (κ2) is 9.06. The number of allylic oxidation sites excluding steroid dienone is 4. The molecule has 1 fully saturated rings. The molecule has 29 heavy (non-hydrogen) atoms. The molecule has 1 saturated carbocycles. The monoisotopic (exact) mass is 400 g/mol. The predicted octanol–water partition coefficient (Wildman–Crippen LogP) is 7.59. The molecular formula is C28H29Cl. The van der Waals surface area contributed by atoms with Gasteiger partial charge in [0, 0.05) is 16.5 Å². The average Bonchev–Trinajstić information content (AvgIpc) is 3.15. The van der Waals surface area contributed by atoms with Crippen LogP contribution in [0.3, 0.4) is 0 Å². The summed E-state index contributed by atoms with van der Waals surface area (Å²) < 4.78 is 0. The lowest BCUT2D eigenvalue weighted by Crippen LogP contribution is -2.22. The predicted molar refractivity (Wildman–Crippen MR) is 124 cm³/mol. The highest BCUT2D eigenvalue weighted by Crippen LogP contribution is 2.43. The van der Waals surface area contributed by atoms with Gasteiger partial charge in [0.05, 0.1) is 0 Å². The summed E-state index contributed by atoms with van der Waals surface area (Å²) >= 11 is 6.23. The first-order chi connectivity index (χ1) is 14.1. The van der Waals surface area contributed by atoms with Gasteiger partial charge in [0.15, 0.2) is 0 Å². The third-order valence-electron chi connectivity index (χ3n) is 6.79. The first-order valence-electron chi connectivity index (χ1n) is 10.8. The van der Waals surface area contributed by atoms with E-state index in [4.69, 9.17) is 18.0 Å². The van der Waals surface area contributed by atoms with Crippen molar-refractivity contribution in [3.63, 3.8) is 0 Å². The fourth-order valence-corrected chi connectivity index (χ4v) is 5.43. The van der Waals surface area contributed by atoms with E-state index in [1.165, 1.54) is 36.8 Å². The molecule has 0 spiro atoms. The van der Waals surface area contributed by atoms with Crippen molar-refractivity contribution < 1.29 is 0 Å². The van der Waals surface area contributed by atoms with Crippen LogP contribution >= 0.6 is 11.6 Å². The number of terminal acetylenes is 1. The lowest BCUT2D eigenvalue weighted by atomic mass is 9.70. The van der Waals surface area contributed by atoms with Crippen LogP contribution in [0.1, 0.15) is 55.2 Å². The van der Waals surface area contributed by atoms with Crippen LogP contribution in [0, 0.1) is 30.1 Å². The van der Waals surface area contributed by atoms with Gasteiger partial charge in [-0.15, -0.1) is 6.42 Å². The lowest BCUT2D eigenvalue weighted by molar-refractivity contribution is 0.243. The minimum absolute atomic E-state index is 0.535. The highest BCUT2D eigenvalue weighted by Gasteiger charge is 2.30. The Hall–Kier alpha value is -2.23. The molecule has 0 heterocycles. The van der Waals surface area contributed by atoms with Crippen molar-refractivity contribution in [3.8, 4) is 12.3 Å². The van der Waals surface area contributed by atoms with E-state index in [-0.39, 0.29) is 0 Å². The number of benzene rings is 2. The average molecular weight is 401 g/mol. The molecule has 2 aliphatic rings. The summed E-state index contributed by atoms with van der Waals surface area (Å²) in [6.07, 6.45) is 18.6. The minimum atomic E-state index is 0.535. The molecule has 0 saturated heterocycles. The van der Waals surface area contributed by atoms with Crippen molar-refractivity contribution in [2.24, 2.45) is 17.8 Å². The summed E-state index contributed by atoms with van der Waals surface area (Å²) in [5.74, 6) is 5.38. The van der Waals surface area contributed by atoms with Crippen LogP contribution in [0.15, 0.2) is 72.3 Å². The second-order valence-electron chi connectivity index (χ2n) is 8.80. The number of hydrogen-bond acceptors (Lipinski definition) is 0. The molecule has 4 rings (SSSR count). The molecule has 0 radical (unpaired) electrons. The van der Waals surface area contributed by atoms with Crippen LogP contribution in [-0.4, -0.2) is 0 Å². The van der Waals surface area contributed by atoms with Crippen LogP contribution < -0.4 is 0 Å². The van der Waals surface area contributed by atoms with E-state index in [0.717, 1.165) is 22.9 Å². The van der Waals surface area contributed by atoms with Gasteiger partial charge < -0.3 is 0 Å². The number of hydrogen-bond donors (Lipinski definition) is 0. The zero-order valence-corrected chi connectivity index (χ0v) is 17.9. The van der Waals surface area contributed by atoms with E-state index in [0.29, 0.717) is 17.8 Å². The summed E-state index contributed by atoms with van der Waals surface area (Å²) in [6.45, 7) is 2.42. The minimum Gasteiger partial charge on any atom is -0.115 e. The van der Waals surface area contributed by atoms with E-state index >= 15 is 0 Å². The molecule has 2 aromatic carbocycles. The molecule has 4 unspecified atom stereocenters. The third-order valence-corrected chi connectivity index (χ3v) is 7.02. The molecule has 2 aromatic rings. The summed E-state index contributed by atoms with van der Waals surface area (Å²) in [4.78, 5) is 0. The van der Waals surface area contributed by atoms with Crippen molar-refractivity contribution in [2.75, 3.05) is 0 Å². The molecule has 0 N–H and O–H groups in total. The van der Waals surface area contributed by atoms with Gasteiger partial charge in [0.25, 0.3) is 0 Å².